The smallest absolute Gasteiger partial charge is 0.392 e. The highest BCUT2D eigenvalue weighted by molar-refractivity contribution is 5.72. The Balaban J connectivity index is 2.13. The third-order valence-corrected chi connectivity index (χ3v) is 4.61. The number of halogens is 3. The first-order valence-electron chi connectivity index (χ1n) is 6.30. The molecule has 1 heterocycles. The Kier molecular flexibility index (Phi) is 3.34. The van der Waals surface area contributed by atoms with Crippen LogP contribution < -0.4 is 0 Å². The minimum Gasteiger partial charge on any atom is -0.480 e. The minimum atomic E-state index is -4.15. The summed E-state index contributed by atoms with van der Waals surface area (Å²) in [5, 5.41) is 8.96. The number of nitrogens with zero attached hydrogens (tertiary/aromatic N) is 1. The molecule has 0 aromatic heterocycles. The molecule has 2 atom stereocenters. The molecule has 1 spiro atoms. The van der Waals surface area contributed by atoms with Crippen LogP contribution in [-0.4, -0.2) is 41.3 Å². The Morgan fingerprint density at radius 3 is 2.44 bits per heavy atom. The normalized spacial score (nSPS) is 29.9. The number of carboxylic acids is 1. The van der Waals surface area contributed by atoms with E-state index in [9.17, 15) is 18.0 Å². The van der Waals surface area contributed by atoms with E-state index in [1.165, 1.54) is 0 Å². The molecule has 6 heteroatoms. The molecule has 1 aliphatic carbocycles. The number of carboxylic acid groups (broad SMARTS) is 1. The first-order chi connectivity index (χ1) is 8.26. The van der Waals surface area contributed by atoms with Crippen LogP contribution in [0, 0.1) is 11.3 Å². The molecule has 1 saturated heterocycles. The van der Waals surface area contributed by atoms with E-state index in [1.807, 2.05) is 0 Å². The maximum absolute atomic E-state index is 13.0. The maximum atomic E-state index is 13.0. The number of hydrogen-bond donors (Lipinski definition) is 1. The first kappa shape index (κ1) is 13.6. The quantitative estimate of drug-likeness (QED) is 0.834. The Hall–Kier alpha value is -0.780. The van der Waals surface area contributed by atoms with Crippen LogP contribution in [0.15, 0.2) is 0 Å². The Morgan fingerprint density at radius 2 is 2.06 bits per heavy atom. The van der Waals surface area contributed by atoms with Gasteiger partial charge in [-0.15, -0.1) is 0 Å². The van der Waals surface area contributed by atoms with E-state index < -0.39 is 29.5 Å². The second-order valence-electron chi connectivity index (χ2n) is 5.58. The van der Waals surface area contributed by atoms with E-state index in [0.717, 1.165) is 6.42 Å². The highest BCUT2D eigenvalue weighted by Gasteiger charge is 2.58. The van der Waals surface area contributed by atoms with Gasteiger partial charge >= 0.3 is 12.1 Å². The molecule has 1 aliphatic heterocycles. The van der Waals surface area contributed by atoms with E-state index in [0.29, 0.717) is 12.8 Å². The van der Waals surface area contributed by atoms with Crippen molar-refractivity contribution < 1.29 is 23.1 Å². The van der Waals surface area contributed by atoms with Gasteiger partial charge in [-0.1, -0.05) is 6.42 Å². The molecule has 18 heavy (non-hydrogen) atoms. The monoisotopic (exact) mass is 265 g/mol. The third-order valence-electron chi connectivity index (χ3n) is 4.61. The zero-order valence-corrected chi connectivity index (χ0v) is 10.3. The van der Waals surface area contributed by atoms with Gasteiger partial charge in [0.25, 0.3) is 0 Å². The standard InChI is InChI=1S/C12H18F3NO2/c1-8(10(17)18)16-6-3-9(12(13,14)15)11(7-16)4-2-5-11/h8-9H,2-7H2,1H3,(H,17,18)/t8-,9-/m0/s1. The molecule has 2 aliphatic rings. The van der Waals surface area contributed by atoms with Crippen molar-refractivity contribution in [1.29, 1.82) is 0 Å². The van der Waals surface area contributed by atoms with Gasteiger partial charge in [-0.3, -0.25) is 9.69 Å². The first-order valence-corrected chi connectivity index (χ1v) is 6.30. The van der Waals surface area contributed by atoms with Gasteiger partial charge in [0.05, 0.1) is 5.92 Å². The molecule has 1 saturated carbocycles. The summed E-state index contributed by atoms with van der Waals surface area (Å²) in [6.07, 6.45) is -2.16. The second-order valence-corrected chi connectivity index (χ2v) is 5.58. The molecule has 2 rings (SSSR count). The lowest BCUT2D eigenvalue weighted by Crippen LogP contribution is -2.59. The van der Waals surface area contributed by atoms with E-state index in [1.54, 1.807) is 11.8 Å². The predicted octanol–water partition coefficient (Wildman–Crippen LogP) is 2.51. The fraction of sp³-hybridized carbons (Fsp3) is 0.917. The van der Waals surface area contributed by atoms with Crippen LogP contribution in [0.2, 0.25) is 0 Å². The fourth-order valence-electron chi connectivity index (χ4n) is 3.33. The molecule has 0 unspecified atom stereocenters. The van der Waals surface area contributed by atoms with Crippen molar-refractivity contribution in [2.24, 2.45) is 11.3 Å². The van der Waals surface area contributed by atoms with Crippen molar-refractivity contribution in [3.8, 4) is 0 Å². The molecule has 0 aromatic carbocycles. The Bertz CT molecular complexity index is 339. The van der Waals surface area contributed by atoms with Gasteiger partial charge in [0, 0.05) is 6.54 Å². The van der Waals surface area contributed by atoms with Crippen LogP contribution >= 0.6 is 0 Å². The van der Waals surface area contributed by atoms with Crippen LogP contribution in [-0.2, 0) is 4.79 Å². The summed E-state index contributed by atoms with van der Waals surface area (Å²) in [4.78, 5) is 12.6. The molecule has 0 bridgehead atoms. The van der Waals surface area contributed by atoms with Crippen molar-refractivity contribution in [3.05, 3.63) is 0 Å². The topological polar surface area (TPSA) is 40.5 Å². The summed E-state index contributed by atoms with van der Waals surface area (Å²) in [7, 11) is 0. The SMILES string of the molecule is C[C@@H](C(=O)O)N1CC[C@H](C(F)(F)F)C2(CCC2)C1. The molecule has 0 amide bonds. The third kappa shape index (κ3) is 2.22. The van der Waals surface area contributed by atoms with Crippen molar-refractivity contribution in [1.82, 2.24) is 4.90 Å². The Labute approximate surface area is 104 Å². The van der Waals surface area contributed by atoms with E-state index in [2.05, 4.69) is 0 Å². The molecular formula is C12H18F3NO2. The van der Waals surface area contributed by atoms with Crippen LogP contribution in [0.25, 0.3) is 0 Å². The maximum Gasteiger partial charge on any atom is 0.392 e. The van der Waals surface area contributed by atoms with Crippen LogP contribution in [0.3, 0.4) is 0 Å². The number of rotatable bonds is 2. The Morgan fingerprint density at radius 1 is 1.44 bits per heavy atom. The summed E-state index contributed by atoms with van der Waals surface area (Å²) >= 11 is 0. The van der Waals surface area contributed by atoms with Crippen molar-refractivity contribution in [2.45, 2.75) is 44.8 Å². The lowest BCUT2D eigenvalue weighted by atomic mass is 9.58. The largest absolute Gasteiger partial charge is 0.480 e. The highest BCUT2D eigenvalue weighted by atomic mass is 19.4. The molecular weight excluding hydrogens is 247 g/mol. The van der Waals surface area contributed by atoms with Gasteiger partial charge in [0.2, 0.25) is 0 Å². The molecule has 104 valence electrons. The zero-order chi connectivity index (χ0) is 13.6. The molecule has 1 N–H and O–H groups in total. The summed E-state index contributed by atoms with van der Waals surface area (Å²) in [5.41, 5.74) is -0.722. The van der Waals surface area contributed by atoms with Crippen LogP contribution in [0.4, 0.5) is 13.2 Å². The summed E-state index contributed by atoms with van der Waals surface area (Å²) in [6, 6.07) is -0.698. The van der Waals surface area contributed by atoms with Crippen molar-refractivity contribution in [3.63, 3.8) is 0 Å². The van der Waals surface area contributed by atoms with Gasteiger partial charge in [-0.25, -0.2) is 0 Å². The molecule has 2 fully saturated rings. The van der Waals surface area contributed by atoms with Gasteiger partial charge in [-0.05, 0) is 38.1 Å². The molecule has 0 aromatic rings. The molecule has 0 radical (unpaired) electrons. The van der Waals surface area contributed by atoms with Gasteiger partial charge in [0.15, 0.2) is 0 Å². The second kappa shape index (κ2) is 4.40. The summed E-state index contributed by atoms with van der Waals surface area (Å²) in [6.45, 7) is 2.03. The lowest BCUT2D eigenvalue weighted by molar-refractivity contribution is -0.239. The van der Waals surface area contributed by atoms with Gasteiger partial charge in [0.1, 0.15) is 6.04 Å². The average Bonchev–Trinajstić information content (AvgIpc) is 2.23. The van der Waals surface area contributed by atoms with E-state index >= 15 is 0 Å². The van der Waals surface area contributed by atoms with Crippen molar-refractivity contribution >= 4 is 5.97 Å². The number of aliphatic carboxylic acids is 1. The number of hydrogen-bond acceptors (Lipinski definition) is 2. The van der Waals surface area contributed by atoms with E-state index in [4.69, 9.17) is 5.11 Å². The van der Waals surface area contributed by atoms with Gasteiger partial charge in [-0.2, -0.15) is 13.2 Å². The average molecular weight is 265 g/mol. The summed E-state index contributed by atoms with van der Waals surface area (Å²) in [5.74, 6) is -2.22. The summed E-state index contributed by atoms with van der Waals surface area (Å²) < 4.78 is 39.0. The van der Waals surface area contributed by atoms with Crippen molar-refractivity contribution in [2.75, 3.05) is 13.1 Å². The van der Waals surface area contributed by atoms with Gasteiger partial charge < -0.3 is 5.11 Å². The number of alkyl halides is 3. The number of carbonyl (C=O) groups is 1. The minimum absolute atomic E-state index is 0.0289. The molecule has 3 nitrogen and oxygen atoms in total. The van der Waals surface area contributed by atoms with E-state index in [-0.39, 0.29) is 19.5 Å². The number of piperidine rings is 1. The lowest BCUT2D eigenvalue weighted by Gasteiger charge is -2.54. The fourth-order valence-corrected chi connectivity index (χ4v) is 3.33. The number of likely N-dealkylation sites (tertiary alicyclic amines) is 1. The van der Waals surface area contributed by atoms with Crippen LogP contribution in [0.1, 0.15) is 32.6 Å². The highest BCUT2D eigenvalue weighted by Crippen LogP contribution is 2.56. The zero-order valence-electron chi connectivity index (χ0n) is 10.3. The van der Waals surface area contributed by atoms with Crippen LogP contribution in [0.5, 0.6) is 0 Å². The predicted molar refractivity (Wildman–Crippen MR) is 59.1 cm³/mol.